The molecule has 2 aromatic rings. The standard InChI is InChI=1S/C14H18N2O2S2/c1-8(2)11(6-17)16-13(18)12-9(3)15-14(20-12)10-4-5-19-7-10/h4-5,7-8,11,17H,6H2,1-3H3,(H,16,18)/t11-/m1/s1. The van der Waals surface area contributed by atoms with Crippen molar-refractivity contribution in [2.75, 3.05) is 6.61 Å². The number of carbonyl (C=O) groups is 1. The van der Waals surface area contributed by atoms with E-state index in [9.17, 15) is 9.90 Å². The van der Waals surface area contributed by atoms with Crippen LogP contribution in [0.5, 0.6) is 0 Å². The fourth-order valence-electron chi connectivity index (χ4n) is 1.77. The molecule has 0 saturated carbocycles. The first-order valence-electron chi connectivity index (χ1n) is 6.44. The van der Waals surface area contributed by atoms with Crippen molar-refractivity contribution in [1.29, 1.82) is 0 Å². The van der Waals surface area contributed by atoms with Gasteiger partial charge in [-0.15, -0.1) is 11.3 Å². The summed E-state index contributed by atoms with van der Waals surface area (Å²) in [7, 11) is 0. The van der Waals surface area contributed by atoms with E-state index in [-0.39, 0.29) is 24.5 Å². The van der Waals surface area contributed by atoms with Gasteiger partial charge in [-0.05, 0) is 24.3 Å². The molecule has 0 saturated heterocycles. The van der Waals surface area contributed by atoms with Crippen molar-refractivity contribution in [1.82, 2.24) is 10.3 Å². The molecule has 0 aliphatic carbocycles. The number of hydrogen-bond donors (Lipinski definition) is 2. The van der Waals surface area contributed by atoms with Crippen LogP contribution < -0.4 is 5.32 Å². The zero-order valence-corrected chi connectivity index (χ0v) is 13.3. The van der Waals surface area contributed by atoms with Crippen LogP contribution in [0.2, 0.25) is 0 Å². The summed E-state index contributed by atoms with van der Waals surface area (Å²) in [5.74, 6) is 0.0303. The second-order valence-corrected chi connectivity index (χ2v) is 6.73. The smallest absolute Gasteiger partial charge is 0.263 e. The van der Waals surface area contributed by atoms with Crippen LogP contribution in [0.3, 0.4) is 0 Å². The zero-order valence-electron chi connectivity index (χ0n) is 11.7. The highest BCUT2D eigenvalue weighted by molar-refractivity contribution is 7.17. The molecule has 0 unspecified atom stereocenters. The highest BCUT2D eigenvalue weighted by Gasteiger charge is 2.20. The fraction of sp³-hybridized carbons (Fsp3) is 0.429. The number of aliphatic hydroxyl groups is 1. The lowest BCUT2D eigenvalue weighted by molar-refractivity contribution is 0.0900. The lowest BCUT2D eigenvalue weighted by atomic mass is 10.1. The number of aryl methyl sites for hydroxylation is 1. The Hall–Kier alpha value is -1.24. The van der Waals surface area contributed by atoms with Crippen LogP contribution in [-0.4, -0.2) is 28.6 Å². The van der Waals surface area contributed by atoms with E-state index in [0.717, 1.165) is 16.3 Å². The highest BCUT2D eigenvalue weighted by Crippen LogP contribution is 2.29. The van der Waals surface area contributed by atoms with E-state index in [1.54, 1.807) is 11.3 Å². The van der Waals surface area contributed by atoms with Crippen molar-refractivity contribution < 1.29 is 9.90 Å². The van der Waals surface area contributed by atoms with Crippen molar-refractivity contribution >= 4 is 28.6 Å². The highest BCUT2D eigenvalue weighted by atomic mass is 32.1. The molecule has 4 nitrogen and oxygen atoms in total. The van der Waals surface area contributed by atoms with Crippen molar-refractivity contribution in [3.05, 3.63) is 27.4 Å². The van der Waals surface area contributed by atoms with Crippen LogP contribution in [-0.2, 0) is 0 Å². The summed E-state index contributed by atoms with van der Waals surface area (Å²) in [5.41, 5.74) is 1.78. The molecule has 2 heterocycles. The average Bonchev–Trinajstić information content (AvgIpc) is 3.03. The van der Waals surface area contributed by atoms with E-state index in [4.69, 9.17) is 0 Å². The predicted molar refractivity (Wildman–Crippen MR) is 83.3 cm³/mol. The number of rotatable bonds is 5. The van der Waals surface area contributed by atoms with E-state index >= 15 is 0 Å². The first kappa shape index (κ1) is 15.2. The molecule has 0 fully saturated rings. The van der Waals surface area contributed by atoms with Crippen LogP contribution in [0, 0.1) is 12.8 Å². The normalized spacial score (nSPS) is 12.7. The Kier molecular flexibility index (Phi) is 4.91. The lowest BCUT2D eigenvalue weighted by Crippen LogP contribution is -2.41. The Morgan fingerprint density at radius 3 is 2.80 bits per heavy atom. The summed E-state index contributed by atoms with van der Waals surface area (Å²) < 4.78 is 0. The summed E-state index contributed by atoms with van der Waals surface area (Å²) in [6.45, 7) is 5.72. The van der Waals surface area contributed by atoms with Gasteiger partial charge in [-0.3, -0.25) is 4.79 Å². The van der Waals surface area contributed by atoms with Gasteiger partial charge < -0.3 is 10.4 Å². The van der Waals surface area contributed by atoms with E-state index in [0.29, 0.717) is 4.88 Å². The lowest BCUT2D eigenvalue weighted by Gasteiger charge is -2.19. The minimum atomic E-state index is -0.228. The molecule has 1 atom stereocenters. The molecule has 0 aromatic carbocycles. The maximum Gasteiger partial charge on any atom is 0.263 e. The van der Waals surface area contributed by atoms with Crippen LogP contribution in [0.15, 0.2) is 16.8 Å². The minimum Gasteiger partial charge on any atom is -0.394 e. The number of thiophene rings is 1. The number of thiazole rings is 1. The second kappa shape index (κ2) is 6.47. The summed E-state index contributed by atoms with van der Waals surface area (Å²) in [5, 5.41) is 17.0. The first-order chi connectivity index (χ1) is 9.52. The average molecular weight is 310 g/mol. The number of carbonyl (C=O) groups excluding carboxylic acids is 1. The third-order valence-electron chi connectivity index (χ3n) is 3.09. The molecular formula is C14H18N2O2S2. The van der Waals surface area contributed by atoms with E-state index < -0.39 is 0 Å². The fourth-order valence-corrected chi connectivity index (χ4v) is 3.45. The Labute approximate surface area is 126 Å². The molecular weight excluding hydrogens is 292 g/mol. The Balaban J connectivity index is 2.18. The molecule has 20 heavy (non-hydrogen) atoms. The summed E-state index contributed by atoms with van der Waals surface area (Å²) in [6, 6.07) is 1.77. The van der Waals surface area contributed by atoms with Gasteiger partial charge in [-0.2, -0.15) is 11.3 Å². The van der Waals surface area contributed by atoms with Gasteiger partial charge in [0.2, 0.25) is 0 Å². The number of nitrogens with zero attached hydrogens (tertiary/aromatic N) is 1. The van der Waals surface area contributed by atoms with Crippen molar-refractivity contribution in [3.8, 4) is 10.6 Å². The van der Waals surface area contributed by atoms with Gasteiger partial charge in [0.15, 0.2) is 0 Å². The number of amides is 1. The van der Waals surface area contributed by atoms with E-state index in [2.05, 4.69) is 10.3 Å². The van der Waals surface area contributed by atoms with Crippen LogP contribution in [0.4, 0.5) is 0 Å². The number of aromatic nitrogens is 1. The van der Waals surface area contributed by atoms with Gasteiger partial charge in [0.1, 0.15) is 9.88 Å². The molecule has 0 aliphatic heterocycles. The molecule has 108 valence electrons. The molecule has 0 aliphatic rings. The van der Waals surface area contributed by atoms with Gasteiger partial charge in [-0.1, -0.05) is 13.8 Å². The SMILES string of the molecule is Cc1nc(-c2ccsc2)sc1C(=O)N[C@H](CO)C(C)C. The predicted octanol–water partition coefficient (Wildman–Crippen LogP) is 2.93. The molecule has 0 radical (unpaired) electrons. The minimum absolute atomic E-state index is 0.0569. The number of aliphatic hydroxyl groups excluding tert-OH is 1. The van der Waals surface area contributed by atoms with Crippen LogP contribution >= 0.6 is 22.7 Å². The molecule has 0 spiro atoms. The molecule has 2 aromatic heterocycles. The third-order valence-corrected chi connectivity index (χ3v) is 4.98. The van der Waals surface area contributed by atoms with Crippen molar-refractivity contribution in [2.45, 2.75) is 26.8 Å². The number of hydrogen-bond acceptors (Lipinski definition) is 5. The van der Waals surface area contributed by atoms with Crippen LogP contribution in [0.1, 0.15) is 29.2 Å². The van der Waals surface area contributed by atoms with Gasteiger partial charge in [-0.25, -0.2) is 4.98 Å². The molecule has 0 bridgehead atoms. The molecule has 6 heteroatoms. The second-order valence-electron chi connectivity index (χ2n) is 4.95. The van der Waals surface area contributed by atoms with Crippen LogP contribution in [0.25, 0.3) is 10.6 Å². The maximum atomic E-state index is 12.3. The third kappa shape index (κ3) is 3.26. The van der Waals surface area contributed by atoms with E-state index in [1.807, 2.05) is 37.6 Å². The molecule has 2 N–H and O–H groups in total. The largest absolute Gasteiger partial charge is 0.394 e. The van der Waals surface area contributed by atoms with Gasteiger partial charge in [0, 0.05) is 10.9 Å². The summed E-state index contributed by atoms with van der Waals surface area (Å²) in [6.07, 6.45) is 0. The summed E-state index contributed by atoms with van der Waals surface area (Å²) >= 11 is 3.00. The quantitative estimate of drug-likeness (QED) is 0.892. The zero-order chi connectivity index (χ0) is 14.7. The topological polar surface area (TPSA) is 62.2 Å². The maximum absolute atomic E-state index is 12.3. The Bertz CT molecular complexity index is 576. The van der Waals surface area contributed by atoms with Gasteiger partial charge in [0.05, 0.1) is 18.3 Å². The molecule has 1 amide bonds. The van der Waals surface area contributed by atoms with E-state index in [1.165, 1.54) is 11.3 Å². The Morgan fingerprint density at radius 1 is 1.50 bits per heavy atom. The van der Waals surface area contributed by atoms with Gasteiger partial charge in [0.25, 0.3) is 5.91 Å². The molecule has 2 rings (SSSR count). The van der Waals surface area contributed by atoms with Crippen molar-refractivity contribution in [2.24, 2.45) is 5.92 Å². The first-order valence-corrected chi connectivity index (χ1v) is 8.20. The summed E-state index contributed by atoms with van der Waals surface area (Å²) in [4.78, 5) is 17.3. The van der Waals surface area contributed by atoms with Crippen molar-refractivity contribution in [3.63, 3.8) is 0 Å². The number of nitrogens with one attached hydrogen (secondary N) is 1. The monoisotopic (exact) mass is 310 g/mol. The Morgan fingerprint density at radius 2 is 2.25 bits per heavy atom. The van der Waals surface area contributed by atoms with Gasteiger partial charge >= 0.3 is 0 Å².